The Bertz CT molecular complexity index is 503. The lowest BCUT2D eigenvalue weighted by atomic mass is 10.0. The van der Waals surface area contributed by atoms with Crippen molar-refractivity contribution in [3.63, 3.8) is 0 Å². The molecule has 2 N–H and O–H groups in total. The number of aliphatic hydroxyl groups is 1. The maximum absolute atomic E-state index is 10.5. The van der Waals surface area contributed by atoms with E-state index >= 15 is 0 Å². The Morgan fingerprint density at radius 1 is 0.862 bits per heavy atom. The maximum atomic E-state index is 10.5. The molecule has 0 fully saturated rings. The van der Waals surface area contributed by atoms with Crippen molar-refractivity contribution < 1.29 is 19.7 Å². The summed E-state index contributed by atoms with van der Waals surface area (Å²) in [5, 5.41) is 18.4. The molecule has 0 spiro atoms. The van der Waals surface area contributed by atoms with Crippen molar-refractivity contribution in [3.8, 4) is 0 Å². The van der Waals surface area contributed by atoms with E-state index in [0.717, 1.165) is 57.8 Å². The molecule has 0 aromatic heterocycles. The molecule has 0 saturated heterocycles. The lowest BCUT2D eigenvalue weighted by Crippen LogP contribution is -2.13. The van der Waals surface area contributed by atoms with Gasteiger partial charge in [-0.1, -0.05) is 88.6 Å². The molecule has 29 heavy (non-hydrogen) atoms. The summed E-state index contributed by atoms with van der Waals surface area (Å²) < 4.78 is 6.23. The SMILES string of the molecule is CCC(O)CCCCC(CCCCCCCCCC(=O)O)OCc1ccccc1. The molecule has 0 saturated carbocycles. The van der Waals surface area contributed by atoms with Gasteiger partial charge in [-0.3, -0.25) is 4.79 Å². The normalized spacial score (nSPS) is 13.3. The summed E-state index contributed by atoms with van der Waals surface area (Å²) in [5.41, 5.74) is 1.22. The number of benzene rings is 1. The highest BCUT2D eigenvalue weighted by molar-refractivity contribution is 5.66. The Balaban J connectivity index is 2.20. The van der Waals surface area contributed by atoms with E-state index in [4.69, 9.17) is 9.84 Å². The zero-order chi connectivity index (χ0) is 21.2. The molecule has 2 atom stereocenters. The summed E-state index contributed by atoms with van der Waals surface area (Å²) in [7, 11) is 0. The van der Waals surface area contributed by atoms with Crippen LogP contribution in [0.25, 0.3) is 0 Å². The summed E-state index contributed by atoms with van der Waals surface area (Å²) in [6.07, 6.45) is 14.3. The third kappa shape index (κ3) is 15.2. The van der Waals surface area contributed by atoms with Crippen LogP contribution in [0.5, 0.6) is 0 Å². The first-order valence-corrected chi connectivity index (χ1v) is 11.7. The average molecular weight is 407 g/mol. The van der Waals surface area contributed by atoms with Gasteiger partial charge in [0.15, 0.2) is 0 Å². The van der Waals surface area contributed by atoms with Gasteiger partial charge in [0.25, 0.3) is 0 Å². The molecular formula is C25H42O4. The van der Waals surface area contributed by atoms with E-state index in [1.54, 1.807) is 0 Å². The molecular weight excluding hydrogens is 364 g/mol. The van der Waals surface area contributed by atoms with Gasteiger partial charge in [-0.15, -0.1) is 0 Å². The van der Waals surface area contributed by atoms with Gasteiger partial charge in [-0.25, -0.2) is 0 Å². The lowest BCUT2D eigenvalue weighted by Gasteiger charge is -2.18. The van der Waals surface area contributed by atoms with Gasteiger partial charge in [0.05, 0.1) is 18.8 Å². The third-order valence-electron chi connectivity index (χ3n) is 5.53. The van der Waals surface area contributed by atoms with E-state index in [1.165, 1.54) is 31.2 Å². The smallest absolute Gasteiger partial charge is 0.303 e. The third-order valence-corrected chi connectivity index (χ3v) is 5.53. The highest BCUT2D eigenvalue weighted by atomic mass is 16.5. The van der Waals surface area contributed by atoms with Gasteiger partial charge in [-0.05, 0) is 37.7 Å². The summed E-state index contributed by atoms with van der Waals surface area (Å²) >= 11 is 0. The monoisotopic (exact) mass is 406 g/mol. The molecule has 0 aliphatic carbocycles. The summed E-state index contributed by atoms with van der Waals surface area (Å²) in [6, 6.07) is 10.4. The molecule has 1 aromatic rings. The zero-order valence-corrected chi connectivity index (χ0v) is 18.4. The van der Waals surface area contributed by atoms with Gasteiger partial charge in [0, 0.05) is 6.42 Å². The summed E-state index contributed by atoms with van der Waals surface area (Å²) in [4.78, 5) is 10.5. The van der Waals surface area contributed by atoms with Crippen LogP contribution in [-0.2, 0) is 16.1 Å². The highest BCUT2D eigenvalue weighted by Crippen LogP contribution is 2.18. The minimum absolute atomic E-state index is 0.158. The van der Waals surface area contributed by atoms with Crippen molar-refractivity contribution in [2.45, 2.75) is 116 Å². The Morgan fingerprint density at radius 2 is 1.41 bits per heavy atom. The number of unbranched alkanes of at least 4 members (excludes halogenated alkanes) is 7. The number of rotatable bonds is 19. The van der Waals surface area contributed by atoms with Gasteiger partial charge in [0.1, 0.15) is 0 Å². The molecule has 1 rings (SSSR count). The zero-order valence-electron chi connectivity index (χ0n) is 18.4. The molecule has 4 nitrogen and oxygen atoms in total. The van der Waals surface area contributed by atoms with E-state index in [9.17, 15) is 9.90 Å². The van der Waals surface area contributed by atoms with Gasteiger partial charge < -0.3 is 14.9 Å². The van der Waals surface area contributed by atoms with E-state index < -0.39 is 5.97 Å². The molecule has 2 unspecified atom stereocenters. The Kier molecular flexibility index (Phi) is 15.4. The van der Waals surface area contributed by atoms with Crippen molar-refractivity contribution in [3.05, 3.63) is 35.9 Å². The van der Waals surface area contributed by atoms with Crippen LogP contribution < -0.4 is 0 Å². The molecule has 0 radical (unpaired) electrons. The van der Waals surface area contributed by atoms with E-state index in [1.807, 2.05) is 13.0 Å². The number of carbonyl (C=O) groups is 1. The topological polar surface area (TPSA) is 66.8 Å². The van der Waals surface area contributed by atoms with Gasteiger partial charge >= 0.3 is 5.97 Å². The molecule has 0 aliphatic rings. The molecule has 0 aliphatic heterocycles. The molecule has 0 bridgehead atoms. The average Bonchev–Trinajstić information content (AvgIpc) is 2.73. The number of hydrogen-bond donors (Lipinski definition) is 2. The molecule has 1 aromatic carbocycles. The molecule has 4 heteroatoms. The van der Waals surface area contributed by atoms with Crippen LogP contribution in [0.15, 0.2) is 30.3 Å². The van der Waals surface area contributed by atoms with Gasteiger partial charge in [-0.2, -0.15) is 0 Å². The predicted molar refractivity (Wildman–Crippen MR) is 119 cm³/mol. The fourth-order valence-corrected chi connectivity index (χ4v) is 3.59. The number of hydrogen-bond acceptors (Lipinski definition) is 3. The van der Waals surface area contributed by atoms with Crippen molar-refractivity contribution in [1.82, 2.24) is 0 Å². The molecule has 166 valence electrons. The Morgan fingerprint density at radius 3 is 2.03 bits per heavy atom. The van der Waals surface area contributed by atoms with Gasteiger partial charge in [0.2, 0.25) is 0 Å². The largest absolute Gasteiger partial charge is 0.481 e. The van der Waals surface area contributed by atoms with Crippen molar-refractivity contribution in [1.29, 1.82) is 0 Å². The first-order chi connectivity index (χ1) is 14.1. The number of aliphatic carboxylic acids is 1. The van der Waals surface area contributed by atoms with Crippen molar-refractivity contribution in [2.75, 3.05) is 0 Å². The van der Waals surface area contributed by atoms with Crippen LogP contribution in [0.2, 0.25) is 0 Å². The van der Waals surface area contributed by atoms with Crippen LogP contribution in [0.1, 0.15) is 102 Å². The first-order valence-electron chi connectivity index (χ1n) is 11.7. The molecule has 0 heterocycles. The molecule has 0 amide bonds. The fourth-order valence-electron chi connectivity index (χ4n) is 3.59. The second-order valence-corrected chi connectivity index (χ2v) is 8.17. The Labute approximate surface area is 177 Å². The predicted octanol–water partition coefficient (Wildman–Crippen LogP) is 6.50. The maximum Gasteiger partial charge on any atom is 0.303 e. The van der Waals surface area contributed by atoms with Crippen LogP contribution in [0.4, 0.5) is 0 Å². The fraction of sp³-hybridized carbons (Fsp3) is 0.720. The highest BCUT2D eigenvalue weighted by Gasteiger charge is 2.10. The number of aliphatic hydroxyl groups excluding tert-OH is 1. The number of carboxylic acid groups (broad SMARTS) is 1. The quantitative estimate of drug-likeness (QED) is 0.257. The van der Waals surface area contributed by atoms with E-state index in [-0.39, 0.29) is 6.10 Å². The standard InChI is InChI=1S/C25H42O4/c1-2-23(26)17-13-14-19-24(29-21-22-15-9-8-10-16-22)18-11-6-4-3-5-7-12-20-25(27)28/h8-10,15-16,23-24,26H,2-7,11-14,17-21H2,1H3,(H,27,28). The van der Waals surface area contributed by atoms with Crippen molar-refractivity contribution in [2.24, 2.45) is 0 Å². The lowest BCUT2D eigenvalue weighted by molar-refractivity contribution is -0.137. The summed E-state index contributed by atoms with van der Waals surface area (Å²) in [5.74, 6) is -0.684. The van der Waals surface area contributed by atoms with E-state index in [0.29, 0.717) is 19.1 Å². The van der Waals surface area contributed by atoms with Crippen LogP contribution >= 0.6 is 0 Å². The van der Waals surface area contributed by atoms with Crippen molar-refractivity contribution >= 4 is 5.97 Å². The van der Waals surface area contributed by atoms with E-state index in [2.05, 4.69) is 24.3 Å². The van der Waals surface area contributed by atoms with Crippen LogP contribution in [-0.4, -0.2) is 28.4 Å². The minimum Gasteiger partial charge on any atom is -0.481 e. The minimum atomic E-state index is -0.684. The second kappa shape index (κ2) is 17.5. The number of ether oxygens (including phenoxy) is 1. The second-order valence-electron chi connectivity index (χ2n) is 8.17. The number of carboxylic acids is 1. The van der Waals surface area contributed by atoms with Crippen LogP contribution in [0.3, 0.4) is 0 Å². The summed E-state index contributed by atoms with van der Waals surface area (Å²) in [6.45, 7) is 2.70. The first kappa shape index (κ1) is 25.6. The Hall–Kier alpha value is -1.39. The van der Waals surface area contributed by atoms with Crippen LogP contribution in [0, 0.1) is 0 Å².